The molecule has 5 heteroatoms. The van der Waals surface area contributed by atoms with E-state index >= 15 is 0 Å². The number of hydrogen-bond donors (Lipinski definition) is 2. The number of amides is 1. The number of fused-ring (bicyclic) bond motifs is 1. The van der Waals surface area contributed by atoms with Gasteiger partial charge in [-0.25, -0.2) is 5.01 Å². The summed E-state index contributed by atoms with van der Waals surface area (Å²) in [5, 5.41) is 5.21. The van der Waals surface area contributed by atoms with Crippen molar-refractivity contribution in [3.63, 3.8) is 0 Å². The Labute approximate surface area is 125 Å². The summed E-state index contributed by atoms with van der Waals surface area (Å²) < 4.78 is 5.38. The molecule has 1 aromatic carbocycles. The molecule has 21 heavy (non-hydrogen) atoms. The van der Waals surface area contributed by atoms with E-state index in [-0.39, 0.29) is 12.5 Å². The first kappa shape index (κ1) is 14.4. The summed E-state index contributed by atoms with van der Waals surface area (Å²) in [6, 6.07) is 7.08. The molecule has 0 spiro atoms. The molecular formula is C16H23N3O2. The summed E-state index contributed by atoms with van der Waals surface area (Å²) >= 11 is 0. The summed E-state index contributed by atoms with van der Waals surface area (Å²) in [6.45, 7) is 5.40. The molecule has 5 nitrogen and oxygen atoms in total. The Kier molecular flexibility index (Phi) is 4.12. The van der Waals surface area contributed by atoms with E-state index in [4.69, 9.17) is 4.74 Å². The highest BCUT2D eigenvalue weighted by Gasteiger charge is 2.24. The minimum atomic E-state index is -0.0918. The fourth-order valence-corrected chi connectivity index (χ4v) is 3.16. The molecule has 2 unspecified atom stereocenters. The van der Waals surface area contributed by atoms with E-state index in [9.17, 15) is 4.79 Å². The van der Waals surface area contributed by atoms with Crippen LogP contribution < -0.4 is 15.5 Å². The van der Waals surface area contributed by atoms with Crippen LogP contribution in [0.25, 0.3) is 0 Å². The highest BCUT2D eigenvalue weighted by atomic mass is 16.5. The summed E-state index contributed by atoms with van der Waals surface area (Å²) in [6.07, 6.45) is 3.79. The number of benzene rings is 1. The van der Waals surface area contributed by atoms with Crippen LogP contribution in [0, 0.1) is 0 Å². The second-order valence-corrected chi connectivity index (χ2v) is 6.04. The topological polar surface area (TPSA) is 53.6 Å². The number of hydrazine groups is 1. The molecule has 0 bridgehead atoms. The minimum Gasteiger partial charge on any atom is -0.482 e. The molecular weight excluding hydrogens is 266 g/mol. The van der Waals surface area contributed by atoms with Crippen molar-refractivity contribution < 1.29 is 9.53 Å². The molecule has 1 aromatic rings. The van der Waals surface area contributed by atoms with Crippen molar-refractivity contribution in [1.82, 2.24) is 10.4 Å². The molecule has 3 rings (SSSR count). The van der Waals surface area contributed by atoms with Crippen molar-refractivity contribution in [3.05, 3.63) is 23.8 Å². The van der Waals surface area contributed by atoms with Gasteiger partial charge < -0.3 is 10.1 Å². The van der Waals surface area contributed by atoms with Crippen LogP contribution in [-0.4, -0.2) is 29.6 Å². The first-order valence-corrected chi connectivity index (χ1v) is 7.71. The number of carbonyl (C=O) groups excluding carboxylic acids is 1. The Bertz CT molecular complexity index is 522. The van der Waals surface area contributed by atoms with Crippen LogP contribution >= 0.6 is 0 Å². The highest BCUT2D eigenvalue weighted by molar-refractivity contribution is 5.95. The van der Waals surface area contributed by atoms with Crippen molar-refractivity contribution in [2.24, 2.45) is 0 Å². The Morgan fingerprint density at radius 1 is 1.33 bits per heavy atom. The predicted molar refractivity (Wildman–Crippen MR) is 82.0 cm³/mol. The molecule has 2 aliphatic heterocycles. The minimum absolute atomic E-state index is 0.0918. The number of nitrogens with one attached hydrogen (secondary N) is 2. The van der Waals surface area contributed by atoms with Crippen LogP contribution in [0.1, 0.15) is 38.7 Å². The Hall–Kier alpha value is -1.59. The summed E-state index contributed by atoms with van der Waals surface area (Å²) in [4.78, 5) is 11.4. The normalized spacial score (nSPS) is 25.9. The van der Waals surface area contributed by atoms with Gasteiger partial charge in [0.25, 0.3) is 5.91 Å². The predicted octanol–water partition coefficient (Wildman–Crippen LogP) is 2.29. The van der Waals surface area contributed by atoms with Crippen LogP contribution in [0.3, 0.4) is 0 Å². The maximum absolute atomic E-state index is 11.4. The van der Waals surface area contributed by atoms with E-state index in [0.717, 1.165) is 23.5 Å². The van der Waals surface area contributed by atoms with Gasteiger partial charge in [-0.2, -0.15) is 0 Å². The van der Waals surface area contributed by atoms with Gasteiger partial charge in [-0.1, -0.05) is 12.5 Å². The van der Waals surface area contributed by atoms with Crippen molar-refractivity contribution in [2.45, 2.75) is 51.7 Å². The summed E-state index contributed by atoms with van der Waals surface area (Å²) in [5.74, 6) is 0.656. The molecule has 114 valence electrons. The first-order valence-electron chi connectivity index (χ1n) is 7.71. The first-order chi connectivity index (χ1) is 10.1. The highest BCUT2D eigenvalue weighted by Crippen LogP contribution is 2.28. The average molecular weight is 289 g/mol. The number of rotatable bonds is 3. The molecule has 2 heterocycles. The van der Waals surface area contributed by atoms with Gasteiger partial charge in [0.1, 0.15) is 5.75 Å². The van der Waals surface area contributed by atoms with E-state index in [1.165, 1.54) is 19.3 Å². The Morgan fingerprint density at radius 3 is 2.86 bits per heavy atom. The molecule has 1 saturated heterocycles. The van der Waals surface area contributed by atoms with Gasteiger partial charge in [0.15, 0.2) is 6.61 Å². The number of nitrogens with zero attached hydrogens (tertiary/aromatic N) is 1. The van der Waals surface area contributed by atoms with Crippen molar-refractivity contribution in [2.75, 3.05) is 11.9 Å². The fraction of sp³-hybridized carbons (Fsp3) is 0.562. The van der Waals surface area contributed by atoms with Gasteiger partial charge >= 0.3 is 0 Å². The third-order valence-corrected chi connectivity index (χ3v) is 4.34. The van der Waals surface area contributed by atoms with Gasteiger partial charge in [0.05, 0.1) is 5.69 Å². The fourth-order valence-electron chi connectivity index (χ4n) is 3.16. The third-order valence-electron chi connectivity index (χ3n) is 4.34. The zero-order valence-electron chi connectivity index (χ0n) is 12.7. The van der Waals surface area contributed by atoms with Gasteiger partial charge in [0.2, 0.25) is 0 Å². The van der Waals surface area contributed by atoms with Crippen LogP contribution in [0.5, 0.6) is 5.75 Å². The molecule has 0 saturated carbocycles. The van der Waals surface area contributed by atoms with Crippen LogP contribution in [-0.2, 0) is 11.3 Å². The molecule has 2 aliphatic rings. The molecule has 1 amide bonds. The molecule has 0 aromatic heterocycles. The van der Waals surface area contributed by atoms with Crippen molar-refractivity contribution in [3.8, 4) is 5.75 Å². The third kappa shape index (κ3) is 3.19. The summed E-state index contributed by atoms with van der Waals surface area (Å²) in [5.41, 5.74) is 5.45. The smallest absolute Gasteiger partial charge is 0.262 e. The number of carbonyl (C=O) groups is 1. The number of anilines is 1. The van der Waals surface area contributed by atoms with E-state index in [0.29, 0.717) is 12.1 Å². The lowest BCUT2D eigenvalue weighted by molar-refractivity contribution is -0.118. The summed E-state index contributed by atoms with van der Waals surface area (Å²) in [7, 11) is 0. The van der Waals surface area contributed by atoms with E-state index in [2.05, 4.69) is 29.6 Å². The standard InChI is InChI=1S/C16H23N3O2/c1-11-4-3-5-12(2)19(11)17-9-13-6-7-15-14(8-13)18-16(20)10-21-15/h6-8,11-12,17H,3-5,9-10H2,1-2H3,(H,18,20). The van der Waals surface area contributed by atoms with Gasteiger partial charge in [-0.05, 0) is 44.4 Å². The second-order valence-electron chi connectivity index (χ2n) is 6.04. The van der Waals surface area contributed by atoms with E-state index in [1.807, 2.05) is 18.2 Å². The van der Waals surface area contributed by atoms with E-state index in [1.54, 1.807) is 0 Å². The van der Waals surface area contributed by atoms with Crippen LogP contribution in [0.4, 0.5) is 5.69 Å². The molecule has 0 aliphatic carbocycles. The van der Waals surface area contributed by atoms with Gasteiger partial charge in [-0.3, -0.25) is 10.2 Å². The van der Waals surface area contributed by atoms with Crippen molar-refractivity contribution >= 4 is 11.6 Å². The zero-order valence-corrected chi connectivity index (χ0v) is 12.7. The lowest BCUT2D eigenvalue weighted by atomic mass is 10.00. The number of piperidine rings is 1. The molecule has 2 atom stereocenters. The van der Waals surface area contributed by atoms with Gasteiger partial charge in [-0.15, -0.1) is 0 Å². The Balaban J connectivity index is 1.65. The largest absolute Gasteiger partial charge is 0.482 e. The maximum Gasteiger partial charge on any atom is 0.262 e. The van der Waals surface area contributed by atoms with Crippen molar-refractivity contribution in [1.29, 1.82) is 0 Å². The Morgan fingerprint density at radius 2 is 2.10 bits per heavy atom. The van der Waals surface area contributed by atoms with Crippen LogP contribution in [0.2, 0.25) is 0 Å². The molecule has 1 fully saturated rings. The molecule has 0 radical (unpaired) electrons. The maximum atomic E-state index is 11.4. The van der Waals surface area contributed by atoms with E-state index < -0.39 is 0 Å². The lowest BCUT2D eigenvalue weighted by Gasteiger charge is -2.39. The number of hydrogen-bond acceptors (Lipinski definition) is 4. The monoisotopic (exact) mass is 289 g/mol. The zero-order chi connectivity index (χ0) is 14.8. The lowest BCUT2D eigenvalue weighted by Crippen LogP contribution is -2.51. The van der Waals surface area contributed by atoms with Crippen LogP contribution in [0.15, 0.2) is 18.2 Å². The van der Waals surface area contributed by atoms with Gasteiger partial charge in [0, 0.05) is 18.6 Å². The average Bonchev–Trinajstić information content (AvgIpc) is 2.46. The molecule has 2 N–H and O–H groups in total. The second kappa shape index (κ2) is 6.03. The number of ether oxygens (including phenoxy) is 1. The SMILES string of the molecule is CC1CCCC(C)N1NCc1ccc2c(c1)NC(=O)CO2. The quantitative estimate of drug-likeness (QED) is 0.896.